The van der Waals surface area contributed by atoms with E-state index in [1.165, 1.54) is 13.0 Å². The SMILES string of the molecule is Cc1ccc(F)c(C(=O)C2(N)CCCCC2)c1F. The Morgan fingerprint density at radius 2 is 1.83 bits per heavy atom. The van der Waals surface area contributed by atoms with Crippen molar-refractivity contribution in [2.75, 3.05) is 0 Å². The van der Waals surface area contributed by atoms with Crippen molar-refractivity contribution in [1.82, 2.24) is 0 Å². The number of rotatable bonds is 2. The molecule has 0 atom stereocenters. The summed E-state index contributed by atoms with van der Waals surface area (Å²) in [6, 6.07) is 2.45. The number of halogens is 2. The zero-order valence-electron chi connectivity index (χ0n) is 10.4. The summed E-state index contributed by atoms with van der Waals surface area (Å²) in [4.78, 5) is 12.3. The Balaban J connectivity index is 2.42. The molecule has 0 aliphatic heterocycles. The number of hydrogen-bond donors (Lipinski definition) is 1. The summed E-state index contributed by atoms with van der Waals surface area (Å²) < 4.78 is 27.6. The third-order valence-corrected chi connectivity index (χ3v) is 3.71. The molecule has 2 nitrogen and oxygen atoms in total. The van der Waals surface area contributed by atoms with Gasteiger partial charge in [0.25, 0.3) is 0 Å². The minimum atomic E-state index is -1.10. The molecule has 1 aromatic carbocycles. The number of Topliss-reactive ketones (excluding diaryl/α,β-unsaturated/α-hetero) is 1. The van der Waals surface area contributed by atoms with Gasteiger partial charge >= 0.3 is 0 Å². The fraction of sp³-hybridized carbons (Fsp3) is 0.500. The van der Waals surface area contributed by atoms with Crippen molar-refractivity contribution in [3.05, 3.63) is 34.9 Å². The third kappa shape index (κ3) is 2.17. The van der Waals surface area contributed by atoms with Crippen molar-refractivity contribution < 1.29 is 13.6 Å². The maximum absolute atomic E-state index is 13.9. The molecule has 0 spiro atoms. The van der Waals surface area contributed by atoms with Crippen molar-refractivity contribution in [2.45, 2.75) is 44.6 Å². The smallest absolute Gasteiger partial charge is 0.188 e. The molecular formula is C14H17F2NO. The first-order valence-electron chi connectivity index (χ1n) is 6.24. The zero-order valence-corrected chi connectivity index (χ0v) is 10.4. The van der Waals surface area contributed by atoms with E-state index in [0.717, 1.165) is 25.3 Å². The molecule has 0 amide bonds. The summed E-state index contributed by atoms with van der Waals surface area (Å²) >= 11 is 0. The summed E-state index contributed by atoms with van der Waals surface area (Å²) in [5.74, 6) is -2.20. The molecule has 0 bridgehead atoms. The number of carbonyl (C=O) groups is 1. The zero-order chi connectivity index (χ0) is 13.3. The van der Waals surface area contributed by atoms with E-state index in [1.54, 1.807) is 0 Å². The van der Waals surface area contributed by atoms with Crippen molar-refractivity contribution in [3.8, 4) is 0 Å². The molecule has 0 saturated heterocycles. The topological polar surface area (TPSA) is 43.1 Å². The Morgan fingerprint density at radius 1 is 1.22 bits per heavy atom. The molecule has 0 heterocycles. The fourth-order valence-corrected chi connectivity index (χ4v) is 2.52. The standard InChI is InChI=1S/C14H17F2NO/c1-9-5-6-10(15)11(12(9)16)13(18)14(17)7-3-2-4-8-14/h5-6H,2-4,7-8,17H2,1H3. The van der Waals surface area contributed by atoms with E-state index >= 15 is 0 Å². The van der Waals surface area contributed by atoms with Crippen LogP contribution < -0.4 is 5.73 Å². The number of benzene rings is 1. The molecule has 2 rings (SSSR count). The molecule has 98 valence electrons. The second-order valence-corrected chi connectivity index (χ2v) is 5.10. The lowest BCUT2D eigenvalue weighted by atomic mass is 9.77. The van der Waals surface area contributed by atoms with Crippen LogP contribution in [0.25, 0.3) is 0 Å². The number of hydrogen-bond acceptors (Lipinski definition) is 2. The van der Waals surface area contributed by atoms with Crippen molar-refractivity contribution in [1.29, 1.82) is 0 Å². The highest BCUT2D eigenvalue weighted by Crippen LogP contribution is 2.31. The predicted octanol–water partition coefficient (Wildman–Crippen LogP) is 3.12. The van der Waals surface area contributed by atoms with E-state index in [2.05, 4.69) is 0 Å². The van der Waals surface area contributed by atoms with E-state index in [0.29, 0.717) is 12.8 Å². The maximum atomic E-state index is 13.9. The highest BCUT2D eigenvalue weighted by atomic mass is 19.1. The monoisotopic (exact) mass is 253 g/mol. The van der Waals surface area contributed by atoms with Crippen LogP contribution in [-0.2, 0) is 0 Å². The van der Waals surface area contributed by atoms with Gasteiger partial charge in [0.2, 0.25) is 0 Å². The Kier molecular flexibility index (Phi) is 3.48. The van der Waals surface area contributed by atoms with Crippen molar-refractivity contribution in [3.63, 3.8) is 0 Å². The second-order valence-electron chi connectivity index (χ2n) is 5.10. The number of aryl methyl sites for hydroxylation is 1. The molecule has 1 saturated carbocycles. The summed E-state index contributed by atoms with van der Waals surface area (Å²) in [5.41, 5.74) is 4.73. The largest absolute Gasteiger partial charge is 0.319 e. The molecule has 2 N–H and O–H groups in total. The minimum absolute atomic E-state index is 0.263. The summed E-state index contributed by atoms with van der Waals surface area (Å²) in [7, 11) is 0. The van der Waals surface area contributed by atoms with Crippen LogP contribution in [0.5, 0.6) is 0 Å². The maximum Gasteiger partial charge on any atom is 0.188 e. The highest BCUT2D eigenvalue weighted by Gasteiger charge is 2.38. The predicted molar refractivity (Wildman–Crippen MR) is 65.4 cm³/mol. The van der Waals surface area contributed by atoms with Gasteiger partial charge in [-0.3, -0.25) is 4.79 Å². The van der Waals surface area contributed by atoms with Gasteiger partial charge in [-0.2, -0.15) is 0 Å². The average molecular weight is 253 g/mol. The van der Waals surface area contributed by atoms with Gasteiger partial charge < -0.3 is 5.73 Å². The van der Waals surface area contributed by atoms with Crippen LogP contribution >= 0.6 is 0 Å². The minimum Gasteiger partial charge on any atom is -0.319 e. The first-order chi connectivity index (χ1) is 8.46. The molecule has 0 aromatic heterocycles. The second kappa shape index (κ2) is 4.76. The first kappa shape index (κ1) is 13.1. The van der Waals surface area contributed by atoms with E-state index < -0.39 is 28.5 Å². The van der Waals surface area contributed by atoms with Gasteiger partial charge in [0.15, 0.2) is 5.78 Å². The van der Waals surface area contributed by atoms with Gasteiger partial charge in [-0.25, -0.2) is 8.78 Å². The van der Waals surface area contributed by atoms with Crippen molar-refractivity contribution in [2.24, 2.45) is 5.73 Å². The van der Waals surface area contributed by atoms with Crippen LogP contribution in [0.15, 0.2) is 12.1 Å². The molecule has 0 unspecified atom stereocenters. The summed E-state index contributed by atoms with van der Waals surface area (Å²) in [6.45, 7) is 1.51. The lowest BCUT2D eigenvalue weighted by molar-refractivity contribution is 0.0838. The van der Waals surface area contributed by atoms with E-state index in [9.17, 15) is 13.6 Å². The molecule has 1 aliphatic carbocycles. The Hall–Kier alpha value is -1.29. The number of nitrogens with two attached hydrogens (primary N) is 1. The van der Waals surface area contributed by atoms with E-state index in [1.807, 2.05) is 0 Å². The lowest BCUT2D eigenvalue weighted by Crippen LogP contribution is -2.50. The van der Waals surface area contributed by atoms with Gasteiger partial charge in [0, 0.05) is 0 Å². The van der Waals surface area contributed by atoms with Crippen LogP contribution in [0.3, 0.4) is 0 Å². The van der Waals surface area contributed by atoms with Gasteiger partial charge in [-0.15, -0.1) is 0 Å². The lowest BCUT2D eigenvalue weighted by Gasteiger charge is -2.32. The Bertz CT molecular complexity index is 479. The van der Waals surface area contributed by atoms with Crippen LogP contribution in [0, 0.1) is 18.6 Å². The molecule has 1 aromatic rings. The van der Waals surface area contributed by atoms with Gasteiger partial charge in [-0.05, 0) is 31.4 Å². The Labute approximate surface area is 105 Å². The first-order valence-corrected chi connectivity index (χ1v) is 6.24. The van der Waals surface area contributed by atoms with Crippen LogP contribution in [0.2, 0.25) is 0 Å². The van der Waals surface area contributed by atoms with Gasteiger partial charge in [0.1, 0.15) is 11.6 Å². The van der Waals surface area contributed by atoms with E-state index in [4.69, 9.17) is 5.73 Å². The quantitative estimate of drug-likeness (QED) is 0.823. The van der Waals surface area contributed by atoms with Gasteiger partial charge in [0.05, 0.1) is 11.1 Å². The molecule has 4 heteroatoms. The summed E-state index contributed by atoms with van der Waals surface area (Å²) in [5, 5.41) is 0. The molecule has 1 aliphatic rings. The number of ketones is 1. The van der Waals surface area contributed by atoms with Gasteiger partial charge in [-0.1, -0.05) is 25.3 Å². The van der Waals surface area contributed by atoms with Crippen LogP contribution in [-0.4, -0.2) is 11.3 Å². The highest BCUT2D eigenvalue weighted by molar-refractivity contribution is 6.03. The number of carbonyl (C=O) groups excluding carboxylic acids is 1. The van der Waals surface area contributed by atoms with Crippen LogP contribution in [0.4, 0.5) is 8.78 Å². The summed E-state index contributed by atoms with van der Waals surface area (Å²) in [6.07, 6.45) is 3.68. The van der Waals surface area contributed by atoms with E-state index in [-0.39, 0.29) is 5.56 Å². The average Bonchev–Trinajstić information content (AvgIpc) is 2.35. The third-order valence-electron chi connectivity index (χ3n) is 3.71. The molecule has 18 heavy (non-hydrogen) atoms. The molecular weight excluding hydrogens is 236 g/mol. The normalized spacial score (nSPS) is 18.7. The Morgan fingerprint density at radius 3 is 2.44 bits per heavy atom. The molecule has 0 radical (unpaired) electrons. The van der Waals surface area contributed by atoms with Crippen LogP contribution in [0.1, 0.15) is 48.0 Å². The fourth-order valence-electron chi connectivity index (χ4n) is 2.52. The van der Waals surface area contributed by atoms with Crippen molar-refractivity contribution >= 4 is 5.78 Å². The molecule has 1 fully saturated rings.